The second kappa shape index (κ2) is 11.6. The van der Waals surface area contributed by atoms with Crippen LogP contribution >= 0.6 is 0 Å². The molecule has 0 spiro atoms. The van der Waals surface area contributed by atoms with Crippen molar-refractivity contribution in [2.24, 2.45) is 4.36 Å². The average molecular weight is 521 g/mol. The highest BCUT2D eigenvalue weighted by Gasteiger charge is 2.18. The fourth-order valence-electron chi connectivity index (χ4n) is 4.27. The van der Waals surface area contributed by atoms with E-state index < -0.39 is 9.73 Å². The number of hydrogen-bond acceptors (Lipinski definition) is 10. The molecule has 3 heterocycles. The lowest BCUT2D eigenvalue weighted by molar-refractivity contribution is 0.195. The largest absolute Gasteiger partial charge is 0.385 e. The number of methoxy groups -OCH3 is 1. The van der Waals surface area contributed by atoms with Crippen LogP contribution in [0.4, 0.5) is 29.1 Å². The van der Waals surface area contributed by atoms with Gasteiger partial charge in [-0.15, -0.1) is 0 Å². The van der Waals surface area contributed by atoms with Gasteiger partial charge in [-0.3, -0.25) is 0 Å². The van der Waals surface area contributed by atoms with E-state index in [9.17, 15) is 9.47 Å². The third kappa shape index (κ3) is 7.22. The van der Waals surface area contributed by atoms with Gasteiger partial charge < -0.3 is 20.3 Å². The molecule has 2 N–H and O–H groups in total. The van der Waals surface area contributed by atoms with Gasteiger partial charge in [0.05, 0.1) is 6.20 Å². The van der Waals surface area contributed by atoms with Crippen molar-refractivity contribution in [1.82, 2.24) is 19.9 Å². The summed E-state index contributed by atoms with van der Waals surface area (Å²) >= 11 is 0. The third-order valence-electron chi connectivity index (χ3n) is 5.87. The Labute approximate surface area is 218 Å². The molecule has 0 atom stereocenters. The molecule has 1 aromatic carbocycles. The number of benzene rings is 1. The minimum Gasteiger partial charge on any atom is -0.385 e. The number of rotatable bonds is 9. The Morgan fingerprint density at radius 3 is 2.84 bits per heavy atom. The zero-order valence-electron chi connectivity index (χ0n) is 21.6. The fourth-order valence-corrected chi connectivity index (χ4v) is 4.83. The Bertz CT molecular complexity index is 1430. The van der Waals surface area contributed by atoms with Gasteiger partial charge >= 0.3 is 0 Å². The number of aryl methyl sites for hydroxylation is 1. The van der Waals surface area contributed by atoms with E-state index in [4.69, 9.17) is 4.74 Å². The second-order valence-corrected chi connectivity index (χ2v) is 11.9. The first-order chi connectivity index (χ1) is 17.7. The van der Waals surface area contributed by atoms with Gasteiger partial charge in [0.15, 0.2) is 11.6 Å². The molecule has 11 heteroatoms. The monoisotopic (exact) mass is 520 g/mol. The first-order valence-corrected chi connectivity index (χ1v) is 14.3. The number of nitrogens with one attached hydrogen (secondary N) is 2. The molecule has 0 saturated heterocycles. The van der Waals surface area contributed by atoms with Crippen LogP contribution in [0.15, 0.2) is 40.9 Å². The third-order valence-corrected chi connectivity index (χ3v) is 6.50. The molecule has 0 radical (unpaired) electrons. The fraction of sp³-hybridized carbons (Fsp3) is 0.385. The molecular formula is C26H32N8O2S. The van der Waals surface area contributed by atoms with Crippen LogP contribution in [0.25, 0.3) is 0 Å². The number of ether oxygens (including phenoxy) is 1. The molecule has 3 aromatic rings. The average Bonchev–Trinajstić information content (AvgIpc) is 2.83. The van der Waals surface area contributed by atoms with Gasteiger partial charge in [-0.2, -0.15) is 14.6 Å². The summed E-state index contributed by atoms with van der Waals surface area (Å²) < 4.78 is 21.4. The maximum Gasteiger partial charge on any atom is 0.229 e. The van der Waals surface area contributed by atoms with Crippen LogP contribution in [0.1, 0.15) is 28.7 Å². The summed E-state index contributed by atoms with van der Waals surface area (Å²) in [5.74, 6) is 1.45. The summed E-state index contributed by atoms with van der Waals surface area (Å²) in [4.78, 5) is 15.6. The number of aromatic nitrogens is 3. The van der Waals surface area contributed by atoms with Gasteiger partial charge in [-0.1, -0.05) is 6.07 Å². The lowest BCUT2D eigenvalue weighted by Gasteiger charge is -2.28. The van der Waals surface area contributed by atoms with Gasteiger partial charge in [0, 0.05) is 54.7 Å². The molecule has 0 unspecified atom stereocenters. The number of nitrogens with zero attached hydrogens (tertiary/aromatic N) is 6. The molecule has 0 fully saturated rings. The molecular weight excluding hydrogens is 488 g/mol. The molecule has 0 aliphatic carbocycles. The molecule has 0 saturated carbocycles. The maximum atomic E-state index is 12.0. The van der Waals surface area contributed by atoms with E-state index in [0.29, 0.717) is 23.4 Å². The summed E-state index contributed by atoms with van der Waals surface area (Å²) in [6.07, 6.45) is 7.49. The normalized spacial score (nSPS) is 13.5. The Morgan fingerprint density at radius 1 is 1.24 bits per heavy atom. The van der Waals surface area contributed by atoms with Crippen LogP contribution in [-0.2, 0) is 33.9 Å². The topological polar surface area (TPSA) is 128 Å². The van der Waals surface area contributed by atoms with Crippen molar-refractivity contribution in [1.29, 1.82) is 5.26 Å². The number of fused-ring (bicyclic) bond motifs is 1. The lowest BCUT2D eigenvalue weighted by Crippen LogP contribution is -2.27. The molecule has 0 bridgehead atoms. The highest BCUT2D eigenvalue weighted by molar-refractivity contribution is 7.92. The van der Waals surface area contributed by atoms with E-state index in [-0.39, 0.29) is 5.56 Å². The molecule has 2 aromatic heterocycles. The van der Waals surface area contributed by atoms with Crippen LogP contribution in [0.3, 0.4) is 0 Å². The molecule has 1 aliphatic heterocycles. The SMILES string of the molecule is COCCCc1cc(Nc2ncc(C#N)c(Nc3cccc(N=S(C)(C)=O)n3)n2)cc2c1CCN(C)C2. The quantitative estimate of drug-likeness (QED) is 0.400. The molecule has 194 valence electrons. The molecule has 0 amide bonds. The Kier molecular flexibility index (Phi) is 8.33. The standard InChI is InChI=1S/C26H32N8O2S/c1-34-11-10-22-18(7-6-12-36-2)13-21(14-19(22)17-34)29-26-28-16-20(15-27)25(32-26)31-23-8-5-9-24(30-23)33-37(3,4)35/h5,8-9,13-14,16H,6-7,10-12,17H2,1-4H3,(H2,28,29,30,31,32). The number of likely N-dealkylation sites (N-methyl/N-ethyl adjacent to an activating group) is 1. The highest BCUT2D eigenvalue weighted by Crippen LogP contribution is 2.29. The van der Waals surface area contributed by atoms with Gasteiger partial charge in [0.25, 0.3) is 0 Å². The van der Waals surface area contributed by atoms with E-state index in [1.54, 1.807) is 37.8 Å². The van der Waals surface area contributed by atoms with Crippen LogP contribution in [0, 0.1) is 11.3 Å². The first kappa shape index (κ1) is 26.5. The minimum atomic E-state index is -2.36. The number of hydrogen-bond donors (Lipinski definition) is 2. The van der Waals surface area contributed by atoms with Crippen molar-refractivity contribution < 1.29 is 8.95 Å². The smallest absolute Gasteiger partial charge is 0.229 e. The Hall–Kier alpha value is -3.59. The van der Waals surface area contributed by atoms with Crippen molar-refractivity contribution in [3.63, 3.8) is 0 Å². The predicted octanol–water partition coefficient (Wildman–Crippen LogP) is 4.16. The summed E-state index contributed by atoms with van der Waals surface area (Å²) in [6, 6.07) is 11.6. The Balaban J connectivity index is 1.62. The zero-order valence-corrected chi connectivity index (χ0v) is 22.4. The summed E-state index contributed by atoms with van der Waals surface area (Å²) in [7, 11) is 1.50. The van der Waals surface area contributed by atoms with Crippen LogP contribution < -0.4 is 10.6 Å². The van der Waals surface area contributed by atoms with Gasteiger partial charge in [-0.05, 0) is 67.3 Å². The van der Waals surface area contributed by atoms with Crippen LogP contribution in [0.2, 0.25) is 0 Å². The van der Waals surface area contributed by atoms with E-state index in [2.05, 4.69) is 60.1 Å². The summed E-state index contributed by atoms with van der Waals surface area (Å²) in [5.41, 5.74) is 5.20. The van der Waals surface area contributed by atoms with E-state index >= 15 is 0 Å². The minimum absolute atomic E-state index is 0.275. The second-order valence-electron chi connectivity index (χ2n) is 9.33. The van der Waals surface area contributed by atoms with Crippen molar-refractivity contribution in [3.8, 4) is 6.07 Å². The predicted molar refractivity (Wildman–Crippen MR) is 146 cm³/mol. The number of nitriles is 1. The van der Waals surface area contributed by atoms with E-state index in [1.165, 1.54) is 22.9 Å². The van der Waals surface area contributed by atoms with E-state index in [1.807, 2.05) is 0 Å². The maximum absolute atomic E-state index is 12.0. The first-order valence-electron chi connectivity index (χ1n) is 12.0. The molecule has 4 rings (SSSR count). The van der Waals surface area contributed by atoms with E-state index in [0.717, 1.165) is 44.6 Å². The van der Waals surface area contributed by atoms with Gasteiger partial charge in [0.1, 0.15) is 17.5 Å². The Morgan fingerprint density at radius 2 is 2.08 bits per heavy atom. The zero-order chi connectivity index (χ0) is 26.4. The van der Waals surface area contributed by atoms with Crippen molar-refractivity contribution in [2.45, 2.75) is 25.8 Å². The van der Waals surface area contributed by atoms with Crippen LogP contribution in [0.5, 0.6) is 0 Å². The summed E-state index contributed by atoms with van der Waals surface area (Å²) in [5, 5.41) is 16.0. The van der Waals surface area contributed by atoms with Crippen molar-refractivity contribution in [2.75, 3.05) is 50.5 Å². The lowest BCUT2D eigenvalue weighted by atomic mass is 9.91. The van der Waals surface area contributed by atoms with Gasteiger partial charge in [0.2, 0.25) is 5.95 Å². The van der Waals surface area contributed by atoms with Crippen molar-refractivity contribution >= 4 is 38.8 Å². The molecule has 10 nitrogen and oxygen atoms in total. The number of pyridine rings is 1. The van der Waals surface area contributed by atoms with Gasteiger partial charge in [-0.25, -0.2) is 14.2 Å². The van der Waals surface area contributed by atoms with Crippen molar-refractivity contribution in [3.05, 3.63) is 58.8 Å². The number of anilines is 4. The highest BCUT2D eigenvalue weighted by atomic mass is 32.2. The summed E-state index contributed by atoms with van der Waals surface area (Å²) in [6.45, 7) is 2.65. The molecule has 1 aliphatic rings. The van der Waals surface area contributed by atoms with Crippen LogP contribution in [-0.4, -0.2) is 63.9 Å². The molecule has 37 heavy (non-hydrogen) atoms.